The van der Waals surface area contributed by atoms with Crippen LogP contribution >= 0.6 is 0 Å². The highest BCUT2D eigenvalue weighted by Gasteiger charge is 2.14. The molecule has 1 atom stereocenters. The Hall–Kier alpha value is -2.17. The van der Waals surface area contributed by atoms with Gasteiger partial charge in [-0.25, -0.2) is 9.18 Å². The van der Waals surface area contributed by atoms with E-state index >= 15 is 0 Å². The number of carbonyl (C=O) groups excluding carboxylic acids is 2. The van der Waals surface area contributed by atoms with Crippen molar-refractivity contribution >= 4 is 18.0 Å². The van der Waals surface area contributed by atoms with E-state index in [1.807, 2.05) is 0 Å². The Kier molecular flexibility index (Phi) is 5.73. The lowest BCUT2D eigenvalue weighted by Gasteiger charge is -2.10. The summed E-state index contributed by atoms with van der Waals surface area (Å²) in [4.78, 5) is 22.8. The average molecular weight is 265 g/mol. The Balaban J connectivity index is 2.53. The molecule has 4 nitrogen and oxygen atoms in total. The number of amides is 1. The van der Waals surface area contributed by atoms with Crippen molar-refractivity contribution in [2.24, 2.45) is 0 Å². The number of halogens is 1. The van der Waals surface area contributed by atoms with Crippen LogP contribution in [0.15, 0.2) is 30.3 Å². The third kappa shape index (κ3) is 5.33. The molecule has 1 aromatic carbocycles. The highest BCUT2D eigenvalue weighted by molar-refractivity contribution is 5.90. The summed E-state index contributed by atoms with van der Waals surface area (Å²) < 4.78 is 17.8. The van der Waals surface area contributed by atoms with Gasteiger partial charge in [0.25, 0.3) is 5.91 Å². The van der Waals surface area contributed by atoms with Gasteiger partial charge < -0.3 is 10.1 Å². The lowest BCUT2D eigenvalue weighted by molar-refractivity contribution is -0.150. The maximum Gasteiger partial charge on any atom is 0.331 e. The molecule has 0 saturated heterocycles. The first kappa shape index (κ1) is 14.9. The van der Waals surface area contributed by atoms with Crippen molar-refractivity contribution in [1.82, 2.24) is 5.32 Å². The number of hydrogen-bond acceptors (Lipinski definition) is 3. The van der Waals surface area contributed by atoms with Crippen molar-refractivity contribution in [3.05, 3.63) is 41.7 Å². The summed E-state index contributed by atoms with van der Waals surface area (Å²) in [5.41, 5.74) is 0.544. The number of carbonyl (C=O) groups is 2. The summed E-state index contributed by atoms with van der Waals surface area (Å²) in [7, 11) is 0. The molecule has 0 saturated carbocycles. The summed E-state index contributed by atoms with van der Waals surface area (Å²) in [6.45, 7) is 3.73. The number of benzene rings is 1. The molecule has 5 heteroatoms. The first-order valence-corrected chi connectivity index (χ1v) is 5.95. The minimum absolute atomic E-state index is 0.352. The van der Waals surface area contributed by atoms with Crippen molar-refractivity contribution in [1.29, 1.82) is 0 Å². The number of nitrogens with one attached hydrogen (secondary N) is 1. The normalized spacial score (nSPS) is 12.2. The van der Waals surface area contributed by atoms with Crippen LogP contribution in [-0.4, -0.2) is 24.5 Å². The quantitative estimate of drug-likeness (QED) is 0.653. The van der Waals surface area contributed by atoms with E-state index in [0.29, 0.717) is 12.1 Å². The van der Waals surface area contributed by atoms with Gasteiger partial charge in [0, 0.05) is 12.6 Å². The van der Waals surface area contributed by atoms with Gasteiger partial charge >= 0.3 is 5.97 Å². The van der Waals surface area contributed by atoms with E-state index in [1.165, 1.54) is 31.2 Å². The Morgan fingerprint density at radius 1 is 1.47 bits per heavy atom. The van der Waals surface area contributed by atoms with E-state index in [1.54, 1.807) is 13.0 Å². The second-order valence-electron chi connectivity index (χ2n) is 3.86. The molecule has 0 aliphatic carbocycles. The van der Waals surface area contributed by atoms with Crippen molar-refractivity contribution < 1.29 is 18.7 Å². The van der Waals surface area contributed by atoms with Crippen molar-refractivity contribution in [2.45, 2.75) is 20.0 Å². The Morgan fingerprint density at radius 2 is 2.21 bits per heavy atom. The van der Waals surface area contributed by atoms with Crippen molar-refractivity contribution in [3.63, 3.8) is 0 Å². The third-order valence-corrected chi connectivity index (χ3v) is 2.27. The molecule has 0 heterocycles. The Bertz CT molecular complexity index is 485. The molecule has 0 aromatic heterocycles. The van der Waals surface area contributed by atoms with Crippen LogP contribution in [-0.2, 0) is 14.3 Å². The van der Waals surface area contributed by atoms with Gasteiger partial charge in [-0.05, 0) is 37.6 Å². The lowest BCUT2D eigenvalue weighted by atomic mass is 10.2. The van der Waals surface area contributed by atoms with Gasteiger partial charge in [0.2, 0.25) is 0 Å². The summed E-state index contributed by atoms with van der Waals surface area (Å²) in [5, 5.41) is 2.54. The predicted molar refractivity (Wildman–Crippen MR) is 69.7 cm³/mol. The van der Waals surface area contributed by atoms with Crippen LogP contribution in [0.5, 0.6) is 0 Å². The molecular weight excluding hydrogens is 249 g/mol. The Labute approximate surface area is 111 Å². The van der Waals surface area contributed by atoms with Crippen molar-refractivity contribution in [2.75, 3.05) is 6.54 Å². The van der Waals surface area contributed by atoms with E-state index in [0.717, 1.165) is 6.08 Å². The van der Waals surface area contributed by atoms with E-state index in [2.05, 4.69) is 5.32 Å². The molecule has 0 aliphatic heterocycles. The molecular formula is C14H16FNO3. The topological polar surface area (TPSA) is 55.4 Å². The molecule has 0 radical (unpaired) electrons. The predicted octanol–water partition coefficient (Wildman–Crippen LogP) is 1.91. The first-order chi connectivity index (χ1) is 9.02. The van der Waals surface area contributed by atoms with Crippen LogP contribution < -0.4 is 5.32 Å². The van der Waals surface area contributed by atoms with Crippen LogP contribution in [0.2, 0.25) is 0 Å². The van der Waals surface area contributed by atoms with Gasteiger partial charge in [-0.1, -0.05) is 12.1 Å². The highest BCUT2D eigenvalue weighted by Crippen LogP contribution is 2.05. The van der Waals surface area contributed by atoms with Gasteiger partial charge in [-0.15, -0.1) is 0 Å². The van der Waals surface area contributed by atoms with Crippen LogP contribution in [0.1, 0.15) is 19.4 Å². The van der Waals surface area contributed by atoms with Crippen LogP contribution in [0.25, 0.3) is 6.08 Å². The third-order valence-electron chi connectivity index (χ3n) is 2.27. The highest BCUT2D eigenvalue weighted by atomic mass is 19.1. The summed E-state index contributed by atoms with van der Waals surface area (Å²) in [5.74, 6) is -1.38. The summed E-state index contributed by atoms with van der Waals surface area (Å²) in [6, 6.07) is 5.79. The van der Waals surface area contributed by atoms with E-state index in [4.69, 9.17) is 4.74 Å². The molecule has 1 rings (SSSR count). The minimum atomic E-state index is -0.857. The number of likely N-dealkylation sites (N-methyl/N-ethyl adjacent to an activating group) is 1. The van der Waals surface area contributed by atoms with Crippen LogP contribution in [0.3, 0.4) is 0 Å². The van der Waals surface area contributed by atoms with E-state index < -0.39 is 12.1 Å². The molecule has 0 unspecified atom stereocenters. The van der Waals surface area contributed by atoms with Gasteiger partial charge in [0.05, 0.1) is 0 Å². The van der Waals surface area contributed by atoms with Crippen LogP contribution in [0, 0.1) is 5.82 Å². The van der Waals surface area contributed by atoms with Crippen LogP contribution in [0.4, 0.5) is 4.39 Å². The second kappa shape index (κ2) is 7.31. The van der Waals surface area contributed by atoms with E-state index in [-0.39, 0.29) is 11.7 Å². The SMILES string of the molecule is CCNC(=O)[C@H](C)OC(=O)/C=C/c1cccc(F)c1. The lowest BCUT2D eigenvalue weighted by Crippen LogP contribution is -2.35. The molecule has 1 N–H and O–H groups in total. The van der Waals surface area contributed by atoms with Gasteiger partial charge in [-0.2, -0.15) is 0 Å². The molecule has 102 valence electrons. The van der Waals surface area contributed by atoms with E-state index in [9.17, 15) is 14.0 Å². The van der Waals surface area contributed by atoms with Gasteiger partial charge in [-0.3, -0.25) is 4.79 Å². The molecule has 1 aromatic rings. The second-order valence-corrected chi connectivity index (χ2v) is 3.86. The number of ether oxygens (including phenoxy) is 1. The molecule has 0 fully saturated rings. The molecule has 0 aliphatic rings. The van der Waals surface area contributed by atoms with Crippen molar-refractivity contribution in [3.8, 4) is 0 Å². The average Bonchev–Trinajstić information content (AvgIpc) is 2.36. The monoisotopic (exact) mass is 265 g/mol. The zero-order valence-corrected chi connectivity index (χ0v) is 10.9. The number of esters is 1. The smallest absolute Gasteiger partial charge is 0.331 e. The van der Waals surface area contributed by atoms with Gasteiger partial charge in [0.1, 0.15) is 5.82 Å². The fourth-order valence-electron chi connectivity index (χ4n) is 1.36. The molecule has 19 heavy (non-hydrogen) atoms. The maximum atomic E-state index is 12.9. The standard InChI is InChI=1S/C14H16FNO3/c1-3-16-14(18)10(2)19-13(17)8-7-11-5-4-6-12(15)9-11/h4-10H,3H2,1-2H3,(H,16,18)/b8-7+/t10-/m0/s1. The number of hydrogen-bond donors (Lipinski definition) is 1. The summed E-state index contributed by atoms with van der Waals surface area (Å²) in [6.07, 6.45) is 1.73. The minimum Gasteiger partial charge on any atom is -0.449 e. The molecule has 0 bridgehead atoms. The number of rotatable bonds is 5. The Morgan fingerprint density at radius 3 is 2.84 bits per heavy atom. The molecule has 0 spiro atoms. The zero-order chi connectivity index (χ0) is 14.3. The fourth-order valence-corrected chi connectivity index (χ4v) is 1.36. The fraction of sp³-hybridized carbons (Fsp3) is 0.286. The zero-order valence-electron chi connectivity index (χ0n) is 10.9. The maximum absolute atomic E-state index is 12.9. The molecule has 1 amide bonds. The first-order valence-electron chi connectivity index (χ1n) is 5.95. The summed E-state index contributed by atoms with van der Waals surface area (Å²) >= 11 is 0. The van der Waals surface area contributed by atoms with Gasteiger partial charge in [0.15, 0.2) is 6.10 Å². The largest absolute Gasteiger partial charge is 0.449 e.